The zero-order valence-corrected chi connectivity index (χ0v) is 5.74. The third-order valence-corrected chi connectivity index (χ3v) is 0.781. The van der Waals surface area contributed by atoms with Gasteiger partial charge in [0.05, 0.1) is 6.61 Å². The Morgan fingerprint density at radius 1 is 1.88 bits per heavy atom. The summed E-state index contributed by atoms with van der Waals surface area (Å²) in [7, 11) is 0. The summed E-state index contributed by atoms with van der Waals surface area (Å²) in [5.74, 6) is 0. The van der Waals surface area contributed by atoms with Crippen molar-refractivity contribution in [2.24, 2.45) is 0 Å². The molecule has 0 heterocycles. The van der Waals surface area contributed by atoms with E-state index in [4.69, 9.17) is 16.3 Å². The van der Waals surface area contributed by atoms with Crippen molar-refractivity contribution < 1.29 is 4.74 Å². The monoisotopic (exact) mass is 133 g/mol. The maximum absolute atomic E-state index is 5.47. The summed E-state index contributed by atoms with van der Waals surface area (Å²) in [4.78, 5) is 0. The lowest BCUT2D eigenvalue weighted by molar-refractivity contribution is 0.192. The Kier molecular flexibility index (Phi) is 5.13. The maximum Gasteiger partial charge on any atom is 0.0661 e. The predicted molar refractivity (Wildman–Crippen MR) is 35.8 cm³/mol. The van der Waals surface area contributed by atoms with E-state index in [9.17, 15) is 0 Å². The van der Waals surface area contributed by atoms with E-state index in [2.05, 4.69) is 6.92 Å². The van der Waals surface area contributed by atoms with Gasteiger partial charge >= 0.3 is 0 Å². The minimum absolute atomic E-state index is 0.501. The van der Waals surface area contributed by atoms with Gasteiger partial charge < -0.3 is 4.74 Å². The van der Waals surface area contributed by atoms with Crippen LogP contribution in [0.3, 0.4) is 0 Å². The highest BCUT2D eigenvalue weighted by Gasteiger charge is 1.78. The first-order valence-corrected chi connectivity index (χ1v) is 2.84. The van der Waals surface area contributed by atoms with Crippen molar-refractivity contribution in [1.29, 1.82) is 0 Å². The van der Waals surface area contributed by atoms with Gasteiger partial charge in [0.15, 0.2) is 0 Å². The van der Waals surface area contributed by atoms with Gasteiger partial charge in [0, 0.05) is 11.6 Å². The van der Waals surface area contributed by atoms with E-state index < -0.39 is 0 Å². The third kappa shape index (κ3) is 5.99. The Morgan fingerprint density at radius 3 is 2.88 bits per heavy atom. The zero-order valence-electron chi connectivity index (χ0n) is 4.98. The van der Waals surface area contributed by atoms with Crippen molar-refractivity contribution in [1.82, 2.24) is 0 Å². The molecule has 0 aromatic carbocycles. The first-order chi connectivity index (χ1) is 3.77. The molecule has 0 aliphatic carbocycles. The van der Waals surface area contributed by atoms with E-state index in [1.54, 1.807) is 6.08 Å². The molecule has 0 bridgehead atoms. The van der Waals surface area contributed by atoms with Crippen LogP contribution in [0.1, 0.15) is 6.92 Å². The van der Waals surface area contributed by atoms with Crippen molar-refractivity contribution in [2.45, 2.75) is 6.92 Å². The fourth-order valence-corrected chi connectivity index (χ4v) is 0.320. The molecule has 1 radical (unpaired) electrons. The van der Waals surface area contributed by atoms with Crippen molar-refractivity contribution >= 4 is 11.6 Å². The second kappa shape index (κ2) is 5.13. The first-order valence-electron chi connectivity index (χ1n) is 2.46. The second-order valence-corrected chi connectivity index (χ2v) is 1.96. The van der Waals surface area contributed by atoms with Crippen LogP contribution in [0, 0.1) is 6.92 Å². The molecular weight excluding hydrogens is 124 g/mol. The number of ether oxygens (including phenoxy) is 1. The van der Waals surface area contributed by atoms with Gasteiger partial charge in [-0.2, -0.15) is 0 Å². The summed E-state index contributed by atoms with van der Waals surface area (Å²) < 4.78 is 4.87. The zero-order chi connectivity index (χ0) is 6.41. The molecule has 0 rings (SSSR count). The molecule has 0 aliphatic heterocycles. The number of allylic oxidation sites excluding steroid dienone is 1. The molecule has 0 spiro atoms. The Labute approximate surface area is 55.3 Å². The molecule has 0 atom stereocenters. The highest BCUT2D eigenvalue weighted by atomic mass is 35.5. The lowest BCUT2D eigenvalue weighted by Gasteiger charge is -1.91. The molecule has 0 saturated carbocycles. The lowest BCUT2D eigenvalue weighted by atomic mass is 10.5. The van der Waals surface area contributed by atoms with Crippen molar-refractivity contribution in [3.8, 4) is 0 Å². The molecule has 0 N–H and O–H groups in total. The van der Waals surface area contributed by atoms with Gasteiger partial charge in [-0.3, -0.25) is 0 Å². The molecule has 0 saturated heterocycles. The maximum atomic E-state index is 5.47. The number of hydrogen-bond acceptors (Lipinski definition) is 1. The highest BCUT2D eigenvalue weighted by molar-refractivity contribution is 6.29. The minimum Gasteiger partial charge on any atom is -0.377 e. The standard InChI is InChI=1S/C6H10ClO/c1-3-8-5-4-6(2)7/h4H,1,3,5H2,2H3/b6-4-. The van der Waals surface area contributed by atoms with Crippen LogP contribution in [0.5, 0.6) is 0 Å². The van der Waals surface area contributed by atoms with Crippen LogP contribution in [0.4, 0.5) is 0 Å². The minimum atomic E-state index is 0.501. The molecule has 0 aliphatic rings. The summed E-state index contributed by atoms with van der Waals surface area (Å²) >= 11 is 5.47. The van der Waals surface area contributed by atoms with Crippen LogP contribution in [-0.4, -0.2) is 13.2 Å². The van der Waals surface area contributed by atoms with Crippen molar-refractivity contribution in [3.63, 3.8) is 0 Å². The third-order valence-electron chi connectivity index (χ3n) is 0.627. The van der Waals surface area contributed by atoms with E-state index in [1.165, 1.54) is 0 Å². The molecule has 47 valence electrons. The van der Waals surface area contributed by atoms with E-state index in [0.717, 1.165) is 5.03 Å². The number of hydrogen-bond donors (Lipinski definition) is 0. The van der Waals surface area contributed by atoms with E-state index in [1.807, 2.05) is 6.92 Å². The van der Waals surface area contributed by atoms with Gasteiger partial charge in [-0.25, -0.2) is 0 Å². The fourth-order valence-electron chi connectivity index (χ4n) is 0.257. The highest BCUT2D eigenvalue weighted by Crippen LogP contribution is 1.96. The molecular formula is C6H10ClO. The molecule has 0 aromatic rings. The largest absolute Gasteiger partial charge is 0.377 e. The van der Waals surface area contributed by atoms with Gasteiger partial charge in [-0.05, 0) is 19.9 Å². The van der Waals surface area contributed by atoms with Gasteiger partial charge in [-0.15, -0.1) is 0 Å². The lowest BCUT2D eigenvalue weighted by Crippen LogP contribution is -1.88. The Hall–Kier alpha value is -0.0100. The van der Waals surface area contributed by atoms with Gasteiger partial charge in [-0.1, -0.05) is 11.6 Å². The number of halogens is 1. The molecule has 0 unspecified atom stereocenters. The van der Waals surface area contributed by atoms with Crippen LogP contribution in [0.2, 0.25) is 0 Å². The van der Waals surface area contributed by atoms with Crippen LogP contribution >= 0.6 is 11.6 Å². The summed E-state index contributed by atoms with van der Waals surface area (Å²) in [6, 6.07) is 0. The molecule has 2 heteroatoms. The van der Waals surface area contributed by atoms with Gasteiger partial charge in [0.25, 0.3) is 0 Å². The molecule has 0 amide bonds. The van der Waals surface area contributed by atoms with Gasteiger partial charge in [0.2, 0.25) is 0 Å². The van der Waals surface area contributed by atoms with Crippen molar-refractivity contribution in [2.75, 3.05) is 13.2 Å². The Bertz CT molecular complexity index is 74.6. The molecule has 8 heavy (non-hydrogen) atoms. The molecule has 1 nitrogen and oxygen atoms in total. The average molecular weight is 134 g/mol. The second-order valence-electron chi connectivity index (χ2n) is 1.37. The summed E-state index contributed by atoms with van der Waals surface area (Å²) in [6.45, 7) is 6.37. The smallest absolute Gasteiger partial charge is 0.0661 e. The van der Waals surface area contributed by atoms with E-state index in [-0.39, 0.29) is 0 Å². The fraction of sp³-hybridized carbons (Fsp3) is 0.500. The molecule has 0 aromatic heterocycles. The number of rotatable bonds is 3. The normalized spacial score (nSPS) is 12.1. The van der Waals surface area contributed by atoms with Crippen molar-refractivity contribution in [3.05, 3.63) is 18.0 Å². The van der Waals surface area contributed by atoms with Crippen LogP contribution < -0.4 is 0 Å². The molecule has 0 fully saturated rings. The first kappa shape index (κ1) is 7.99. The van der Waals surface area contributed by atoms with E-state index >= 15 is 0 Å². The Morgan fingerprint density at radius 2 is 2.50 bits per heavy atom. The Balaban J connectivity index is 3.03. The predicted octanol–water partition coefficient (Wildman–Crippen LogP) is 1.98. The SMILES string of the molecule is [CH2]COC/C=C(/C)Cl. The summed E-state index contributed by atoms with van der Waals surface area (Å²) in [5, 5.41) is 0.762. The topological polar surface area (TPSA) is 9.23 Å². The summed E-state index contributed by atoms with van der Waals surface area (Å²) in [6.07, 6.45) is 1.80. The average Bonchev–Trinajstić information content (AvgIpc) is 1.66. The van der Waals surface area contributed by atoms with Crippen LogP contribution in [-0.2, 0) is 4.74 Å². The van der Waals surface area contributed by atoms with Crippen LogP contribution in [0.15, 0.2) is 11.1 Å². The summed E-state index contributed by atoms with van der Waals surface area (Å²) in [5.41, 5.74) is 0. The van der Waals surface area contributed by atoms with Gasteiger partial charge in [0.1, 0.15) is 0 Å². The van der Waals surface area contributed by atoms with Crippen LogP contribution in [0.25, 0.3) is 0 Å². The van der Waals surface area contributed by atoms with E-state index in [0.29, 0.717) is 13.2 Å². The quantitative estimate of drug-likeness (QED) is 0.535.